The van der Waals surface area contributed by atoms with Crippen molar-refractivity contribution in [2.45, 2.75) is 13.0 Å². The van der Waals surface area contributed by atoms with Gasteiger partial charge in [-0.05, 0) is 23.6 Å². The number of carbonyl (C=O) groups is 2. The van der Waals surface area contributed by atoms with E-state index >= 15 is 0 Å². The van der Waals surface area contributed by atoms with Crippen LogP contribution in [0.1, 0.15) is 12.3 Å². The van der Waals surface area contributed by atoms with E-state index < -0.39 is 5.97 Å². The number of nitrogens with zero attached hydrogens (tertiary/aromatic N) is 2. The molecule has 0 aliphatic rings. The second-order valence-electron chi connectivity index (χ2n) is 5.18. The lowest BCUT2D eigenvalue weighted by Gasteiger charge is -2.07. The Bertz CT molecular complexity index is 849. The summed E-state index contributed by atoms with van der Waals surface area (Å²) in [5.41, 5.74) is 1.52. The normalized spacial score (nSPS) is 10.3. The molecule has 0 aliphatic heterocycles. The van der Waals surface area contributed by atoms with Crippen LogP contribution in [0.4, 0.5) is 10.5 Å². The number of hydrogen-bond acceptors (Lipinski definition) is 7. The van der Waals surface area contributed by atoms with E-state index in [-0.39, 0.29) is 31.5 Å². The SMILES string of the molecule is O=C(NCCC(=O)OCc1nc(-c2ccsc2)no1)Nc1ccccc1. The lowest BCUT2D eigenvalue weighted by molar-refractivity contribution is -0.145. The van der Waals surface area contributed by atoms with Crippen LogP contribution in [0.5, 0.6) is 0 Å². The summed E-state index contributed by atoms with van der Waals surface area (Å²) >= 11 is 1.53. The number of thiophene rings is 1. The predicted octanol–water partition coefficient (Wildman–Crippen LogP) is 3.05. The molecular formula is C17H16N4O4S. The van der Waals surface area contributed by atoms with Crippen LogP contribution in [0.2, 0.25) is 0 Å². The van der Waals surface area contributed by atoms with E-state index in [0.29, 0.717) is 11.5 Å². The third-order valence-corrected chi connectivity index (χ3v) is 3.93. The molecule has 0 saturated heterocycles. The van der Waals surface area contributed by atoms with Gasteiger partial charge in [-0.3, -0.25) is 4.79 Å². The molecule has 3 aromatic rings. The molecule has 3 rings (SSSR count). The van der Waals surface area contributed by atoms with E-state index in [1.807, 2.05) is 35.0 Å². The zero-order valence-corrected chi connectivity index (χ0v) is 14.5. The molecule has 0 radical (unpaired) electrons. The van der Waals surface area contributed by atoms with Gasteiger partial charge >= 0.3 is 12.0 Å². The van der Waals surface area contributed by atoms with Gasteiger partial charge in [-0.2, -0.15) is 16.3 Å². The van der Waals surface area contributed by atoms with Gasteiger partial charge in [0.1, 0.15) is 0 Å². The first-order valence-electron chi connectivity index (χ1n) is 7.81. The highest BCUT2D eigenvalue weighted by Crippen LogP contribution is 2.18. The first-order valence-corrected chi connectivity index (χ1v) is 8.75. The van der Waals surface area contributed by atoms with Gasteiger partial charge in [0.15, 0.2) is 6.61 Å². The van der Waals surface area contributed by atoms with Crippen LogP contribution in [0.15, 0.2) is 51.7 Å². The molecule has 1 aromatic carbocycles. The Kier molecular flexibility index (Phi) is 5.94. The molecule has 0 saturated carbocycles. The molecule has 0 atom stereocenters. The lowest BCUT2D eigenvalue weighted by Crippen LogP contribution is -2.30. The largest absolute Gasteiger partial charge is 0.456 e. The van der Waals surface area contributed by atoms with Gasteiger partial charge in [0.05, 0.1) is 6.42 Å². The van der Waals surface area contributed by atoms with Crippen molar-refractivity contribution in [3.63, 3.8) is 0 Å². The van der Waals surface area contributed by atoms with Crippen molar-refractivity contribution >= 4 is 29.0 Å². The number of urea groups is 1. The molecule has 2 heterocycles. The van der Waals surface area contributed by atoms with Crippen LogP contribution >= 0.6 is 11.3 Å². The quantitative estimate of drug-likeness (QED) is 0.618. The van der Waals surface area contributed by atoms with E-state index in [0.717, 1.165) is 5.56 Å². The topological polar surface area (TPSA) is 106 Å². The number of hydrogen-bond donors (Lipinski definition) is 2. The zero-order valence-electron chi connectivity index (χ0n) is 13.7. The van der Waals surface area contributed by atoms with Crippen molar-refractivity contribution in [3.8, 4) is 11.4 Å². The number of anilines is 1. The van der Waals surface area contributed by atoms with Crippen molar-refractivity contribution in [2.75, 3.05) is 11.9 Å². The molecule has 2 aromatic heterocycles. The number of amides is 2. The van der Waals surface area contributed by atoms with Crippen LogP contribution in [0, 0.1) is 0 Å². The minimum atomic E-state index is -0.472. The fraction of sp³-hybridized carbons (Fsp3) is 0.176. The average Bonchev–Trinajstić information content (AvgIpc) is 3.32. The molecule has 134 valence electrons. The van der Waals surface area contributed by atoms with E-state index in [4.69, 9.17) is 9.26 Å². The molecule has 8 nitrogen and oxygen atoms in total. The minimum Gasteiger partial charge on any atom is -0.456 e. The Labute approximate surface area is 153 Å². The molecule has 2 amide bonds. The predicted molar refractivity (Wildman–Crippen MR) is 95.5 cm³/mol. The molecule has 0 unspecified atom stereocenters. The third kappa shape index (κ3) is 5.15. The van der Waals surface area contributed by atoms with Crippen LogP contribution in [0.25, 0.3) is 11.4 Å². The fourth-order valence-corrected chi connectivity index (χ4v) is 2.65. The van der Waals surface area contributed by atoms with Gasteiger partial charge in [-0.25, -0.2) is 4.79 Å². The number of rotatable bonds is 7. The standard InChI is InChI=1S/C17H16N4O4S/c22-15(6-8-18-17(23)19-13-4-2-1-3-5-13)24-10-14-20-16(21-25-14)12-7-9-26-11-12/h1-5,7,9,11H,6,8,10H2,(H2,18,19,23). The molecule has 0 aliphatic carbocycles. The second kappa shape index (κ2) is 8.77. The first-order chi connectivity index (χ1) is 12.7. The number of ether oxygens (including phenoxy) is 1. The van der Waals surface area contributed by atoms with Gasteiger partial charge in [0.2, 0.25) is 5.82 Å². The highest BCUT2D eigenvalue weighted by Gasteiger charge is 2.11. The van der Waals surface area contributed by atoms with Gasteiger partial charge in [-0.15, -0.1) is 0 Å². The molecule has 0 spiro atoms. The number of nitrogens with one attached hydrogen (secondary N) is 2. The van der Waals surface area contributed by atoms with E-state index in [1.54, 1.807) is 12.1 Å². The highest BCUT2D eigenvalue weighted by atomic mass is 32.1. The molecular weight excluding hydrogens is 356 g/mol. The molecule has 2 N–H and O–H groups in total. The molecule has 0 fully saturated rings. The Balaban J connectivity index is 1.35. The zero-order chi connectivity index (χ0) is 18.2. The van der Waals surface area contributed by atoms with Crippen LogP contribution < -0.4 is 10.6 Å². The summed E-state index contributed by atoms with van der Waals surface area (Å²) in [5.74, 6) is 0.200. The summed E-state index contributed by atoms with van der Waals surface area (Å²) in [5, 5.41) is 12.9. The van der Waals surface area contributed by atoms with Gasteiger partial charge in [-0.1, -0.05) is 23.4 Å². The Hall–Kier alpha value is -3.20. The smallest absolute Gasteiger partial charge is 0.319 e. The van der Waals surface area contributed by atoms with Gasteiger partial charge in [0.25, 0.3) is 5.89 Å². The van der Waals surface area contributed by atoms with Crippen molar-refractivity contribution in [1.29, 1.82) is 0 Å². The van der Waals surface area contributed by atoms with Crippen molar-refractivity contribution < 1.29 is 18.8 Å². The van der Waals surface area contributed by atoms with E-state index in [9.17, 15) is 9.59 Å². The molecule has 26 heavy (non-hydrogen) atoms. The number of para-hydroxylation sites is 1. The van der Waals surface area contributed by atoms with Crippen molar-refractivity contribution in [3.05, 3.63) is 53.0 Å². The fourth-order valence-electron chi connectivity index (χ4n) is 2.01. The van der Waals surface area contributed by atoms with Crippen LogP contribution in [0.3, 0.4) is 0 Å². The molecule has 0 bridgehead atoms. The van der Waals surface area contributed by atoms with E-state index in [1.165, 1.54) is 11.3 Å². The summed E-state index contributed by atoms with van der Waals surface area (Å²) in [6, 6.07) is 10.5. The number of esters is 1. The maximum absolute atomic E-state index is 11.7. The average molecular weight is 372 g/mol. The number of aromatic nitrogens is 2. The maximum Gasteiger partial charge on any atom is 0.319 e. The number of benzene rings is 1. The molecule has 9 heteroatoms. The summed E-state index contributed by atoms with van der Waals surface area (Å²) in [7, 11) is 0. The summed E-state index contributed by atoms with van der Waals surface area (Å²) in [4.78, 5) is 27.5. The number of carbonyl (C=O) groups excluding carboxylic acids is 2. The third-order valence-electron chi connectivity index (χ3n) is 3.25. The Morgan fingerprint density at radius 3 is 2.81 bits per heavy atom. The highest BCUT2D eigenvalue weighted by molar-refractivity contribution is 7.08. The maximum atomic E-state index is 11.7. The summed E-state index contributed by atoms with van der Waals surface area (Å²) in [6.45, 7) is 0.0493. The van der Waals surface area contributed by atoms with E-state index in [2.05, 4.69) is 20.8 Å². The Morgan fingerprint density at radius 1 is 1.19 bits per heavy atom. The monoisotopic (exact) mass is 372 g/mol. The van der Waals surface area contributed by atoms with Crippen LogP contribution in [-0.2, 0) is 16.1 Å². The van der Waals surface area contributed by atoms with Crippen LogP contribution in [-0.4, -0.2) is 28.7 Å². The first kappa shape index (κ1) is 17.6. The van der Waals surface area contributed by atoms with Crippen molar-refractivity contribution in [2.24, 2.45) is 0 Å². The minimum absolute atomic E-state index is 0.0355. The van der Waals surface area contributed by atoms with Crippen molar-refractivity contribution in [1.82, 2.24) is 15.5 Å². The summed E-state index contributed by atoms with van der Waals surface area (Å²) in [6.07, 6.45) is 0.0355. The van der Waals surface area contributed by atoms with Gasteiger partial charge in [0, 0.05) is 23.2 Å². The Morgan fingerprint density at radius 2 is 2.04 bits per heavy atom. The lowest BCUT2D eigenvalue weighted by atomic mass is 10.3. The second-order valence-corrected chi connectivity index (χ2v) is 5.96. The summed E-state index contributed by atoms with van der Waals surface area (Å²) < 4.78 is 10.1. The van der Waals surface area contributed by atoms with Gasteiger partial charge < -0.3 is 19.9 Å².